The van der Waals surface area contributed by atoms with Gasteiger partial charge in [0.25, 0.3) is 0 Å². The maximum absolute atomic E-state index is 13.6. The molecular formula is C23H25FN6. The molecule has 0 aliphatic rings. The number of fused-ring (bicyclic) bond motifs is 1. The van der Waals surface area contributed by atoms with Crippen LogP contribution in [0.4, 0.5) is 4.39 Å². The second-order valence-electron chi connectivity index (χ2n) is 7.19. The minimum atomic E-state index is -0.222. The van der Waals surface area contributed by atoms with Crippen molar-refractivity contribution < 1.29 is 4.39 Å². The average Bonchev–Trinajstić information content (AvgIpc) is 3.39. The minimum absolute atomic E-state index is 0.222. The molecule has 154 valence electrons. The Morgan fingerprint density at radius 3 is 2.83 bits per heavy atom. The Morgan fingerprint density at radius 1 is 1.20 bits per heavy atom. The lowest BCUT2D eigenvalue weighted by atomic mass is 10.1. The first kappa shape index (κ1) is 19.7. The fourth-order valence-corrected chi connectivity index (χ4v) is 3.56. The highest BCUT2D eigenvalue weighted by Gasteiger charge is 2.11. The van der Waals surface area contributed by atoms with Gasteiger partial charge in [0.15, 0.2) is 5.96 Å². The van der Waals surface area contributed by atoms with Crippen molar-refractivity contribution in [1.82, 2.24) is 25.2 Å². The van der Waals surface area contributed by atoms with Gasteiger partial charge in [-0.15, -0.1) is 0 Å². The number of aromatic amines is 2. The molecule has 0 fully saturated rings. The molecule has 4 aromatic rings. The Hall–Kier alpha value is -3.61. The number of rotatable bonds is 6. The van der Waals surface area contributed by atoms with Crippen LogP contribution in [-0.4, -0.2) is 46.5 Å². The summed E-state index contributed by atoms with van der Waals surface area (Å²) in [5.41, 5.74) is 4.12. The highest BCUT2D eigenvalue weighted by Crippen LogP contribution is 2.20. The third kappa shape index (κ3) is 4.35. The number of aliphatic imine (C=N–C) groups is 1. The number of hydrogen-bond donors (Lipinski definition) is 3. The maximum Gasteiger partial charge on any atom is 0.193 e. The van der Waals surface area contributed by atoms with Crippen LogP contribution in [0.1, 0.15) is 11.4 Å². The van der Waals surface area contributed by atoms with E-state index in [0.717, 1.165) is 45.9 Å². The number of hydrogen-bond acceptors (Lipinski definition) is 2. The van der Waals surface area contributed by atoms with Crippen molar-refractivity contribution in [1.29, 1.82) is 0 Å². The number of guanidine groups is 1. The van der Waals surface area contributed by atoms with Crippen molar-refractivity contribution in [2.45, 2.75) is 13.0 Å². The van der Waals surface area contributed by atoms with Gasteiger partial charge in [0.05, 0.1) is 18.4 Å². The molecular weight excluding hydrogens is 379 g/mol. The van der Waals surface area contributed by atoms with Gasteiger partial charge in [0, 0.05) is 37.7 Å². The van der Waals surface area contributed by atoms with Gasteiger partial charge >= 0.3 is 0 Å². The van der Waals surface area contributed by atoms with Crippen molar-refractivity contribution in [2.24, 2.45) is 4.99 Å². The van der Waals surface area contributed by atoms with E-state index < -0.39 is 0 Å². The highest BCUT2D eigenvalue weighted by atomic mass is 19.1. The number of benzene rings is 2. The van der Waals surface area contributed by atoms with E-state index in [2.05, 4.69) is 37.4 Å². The molecule has 2 aromatic carbocycles. The number of aromatic nitrogens is 3. The largest absolute Gasteiger partial charge is 0.361 e. The van der Waals surface area contributed by atoms with Crippen LogP contribution in [-0.2, 0) is 13.0 Å². The summed E-state index contributed by atoms with van der Waals surface area (Å²) in [6, 6.07) is 14.9. The molecule has 6 nitrogen and oxygen atoms in total. The number of imidazole rings is 1. The number of nitrogens with one attached hydrogen (secondary N) is 3. The fourth-order valence-electron chi connectivity index (χ4n) is 3.56. The molecule has 0 saturated heterocycles. The SMILES string of the molecule is CN=C(NCCc1c[nH]c2ccc(F)cc12)N(C)Cc1ncc(-c2ccccc2)[nH]1. The van der Waals surface area contributed by atoms with Gasteiger partial charge in [-0.25, -0.2) is 9.37 Å². The summed E-state index contributed by atoms with van der Waals surface area (Å²) in [4.78, 5) is 17.4. The van der Waals surface area contributed by atoms with Crippen LogP contribution in [0, 0.1) is 5.82 Å². The van der Waals surface area contributed by atoms with Crippen molar-refractivity contribution in [3.05, 3.63) is 78.1 Å². The smallest absolute Gasteiger partial charge is 0.193 e. The molecule has 0 aliphatic carbocycles. The van der Waals surface area contributed by atoms with Gasteiger partial charge in [-0.1, -0.05) is 30.3 Å². The van der Waals surface area contributed by atoms with E-state index in [1.165, 1.54) is 6.07 Å². The van der Waals surface area contributed by atoms with Gasteiger partial charge < -0.3 is 20.2 Å². The monoisotopic (exact) mass is 404 g/mol. The lowest BCUT2D eigenvalue weighted by Crippen LogP contribution is -2.39. The summed E-state index contributed by atoms with van der Waals surface area (Å²) in [5, 5.41) is 4.29. The summed E-state index contributed by atoms with van der Waals surface area (Å²) in [7, 11) is 3.73. The first-order valence-electron chi connectivity index (χ1n) is 9.90. The standard InChI is InChI=1S/C23H25FN6/c1-25-23(26-11-10-17-13-27-20-9-8-18(24)12-19(17)20)30(2)15-22-28-14-21(29-22)16-6-4-3-5-7-16/h3-9,12-14,27H,10-11,15H2,1-2H3,(H,25,26)(H,28,29). The Labute approximate surface area is 174 Å². The zero-order chi connectivity index (χ0) is 20.9. The van der Waals surface area contributed by atoms with Crippen LogP contribution in [0.15, 0.2) is 65.9 Å². The highest BCUT2D eigenvalue weighted by molar-refractivity contribution is 5.83. The van der Waals surface area contributed by atoms with E-state index in [1.807, 2.05) is 42.5 Å². The zero-order valence-electron chi connectivity index (χ0n) is 17.1. The van der Waals surface area contributed by atoms with Gasteiger partial charge in [0.1, 0.15) is 11.6 Å². The summed E-state index contributed by atoms with van der Waals surface area (Å²) in [5.74, 6) is 1.42. The predicted octanol–water partition coefficient (Wildman–Crippen LogP) is 3.95. The Balaban J connectivity index is 1.35. The van der Waals surface area contributed by atoms with E-state index in [9.17, 15) is 4.39 Å². The van der Waals surface area contributed by atoms with Gasteiger partial charge in [-0.05, 0) is 35.7 Å². The fraction of sp³-hybridized carbons (Fsp3) is 0.217. The first-order chi connectivity index (χ1) is 14.6. The number of H-pyrrole nitrogens is 2. The summed E-state index contributed by atoms with van der Waals surface area (Å²) < 4.78 is 13.6. The van der Waals surface area contributed by atoms with Crippen LogP contribution in [0.25, 0.3) is 22.2 Å². The molecule has 30 heavy (non-hydrogen) atoms. The molecule has 2 heterocycles. The molecule has 0 spiro atoms. The van der Waals surface area contributed by atoms with Gasteiger partial charge in [-0.2, -0.15) is 0 Å². The van der Waals surface area contributed by atoms with Crippen LogP contribution in [0.2, 0.25) is 0 Å². The Bertz CT molecular complexity index is 1140. The maximum atomic E-state index is 13.6. The van der Waals surface area contributed by atoms with E-state index in [4.69, 9.17) is 0 Å². The van der Waals surface area contributed by atoms with Crippen LogP contribution >= 0.6 is 0 Å². The first-order valence-corrected chi connectivity index (χ1v) is 9.90. The number of nitrogens with zero attached hydrogens (tertiary/aromatic N) is 3. The third-order valence-electron chi connectivity index (χ3n) is 5.08. The molecule has 3 N–H and O–H groups in total. The van der Waals surface area contributed by atoms with E-state index in [0.29, 0.717) is 13.1 Å². The lowest BCUT2D eigenvalue weighted by Gasteiger charge is -2.21. The predicted molar refractivity (Wildman–Crippen MR) is 119 cm³/mol. The molecule has 0 radical (unpaired) electrons. The normalized spacial score (nSPS) is 11.8. The molecule has 7 heteroatoms. The Kier molecular flexibility index (Phi) is 5.79. The van der Waals surface area contributed by atoms with Gasteiger partial charge in [0.2, 0.25) is 0 Å². The summed E-state index contributed by atoms with van der Waals surface area (Å²) >= 11 is 0. The van der Waals surface area contributed by atoms with Crippen molar-refractivity contribution in [3.63, 3.8) is 0 Å². The molecule has 0 unspecified atom stereocenters. The van der Waals surface area contributed by atoms with Gasteiger partial charge in [-0.3, -0.25) is 4.99 Å². The average molecular weight is 404 g/mol. The number of halogens is 1. The van der Waals surface area contributed by atoms with Crippen LogP contribution in [0.5, 0.6) is 0 Å². The molecule has 0 atom stereocenters. The van der Waals surface area contributed by atoms with Crippen molar-refractivity contribution in [3.8, 4) is 11.3 Å². The van der Waals surface area contributed by atoms with E-state index in [-0.39, 0.29) is 5.82 Å². The van der Waals surface area contributed by atoms with Crippen LogP contribution < -0.4 is 5.32 Å². The molecule has 0 amide bonds. The van der Waals surface area contributed by atoms with E-state index >= 15 is 0 Å². The molecule has 2 aromatic heterocycles. The molecule has 0 saturated carbocycles. The minimum Gasteiger partial charge on any atom is -0.361 e. The van der Waals surface area contributed by atoms with Crippen molar-refractivity contribution >= 4 is 16.9 Å². The lowest BCUT2D eigenvalue weighted by molar-refractivity contribution is 0.464. The summed E-state index contributed by atoms with van der Waals surface area (Å²) in [6.45, 7) is 1.29. The summed E-state index contributed by atoms with van der Waals surface area (Å²) in [6.07, 6.45) is 4.55. The van der Waals surface area contributed by atoms with E-state index in [1.54, 1.807) is 19.2 Å². The molecule has 4 rings (SSSR count). The Morgan fingerprint density at radius 2 is 2.03 bits per heavy atom. The quantitative estimate of drug-likeness (QED) is 0.337. The topological polar surface area (TPSA) is 72.1 Å². The molecule has 0 bridgehead atoms. The van der Waals surface area contributed by atoms with Crippen LogP contribution in [0.3, 0.4) is 0 Å². The second-order valence-corrected chi connectivity index (χ2v) is 7.19. The molecule has 0 aliphatic heterocycles. The third-order valence-corrected chi connectivity index (χ3v) is 5.08. The zero-order valence-corrected chi connectivity index (χ0v) is 17.1. The van der Waals surface area contributed by atoms with Crippen molar-refractivity contribution in [2.75, 3.05) is 20.6 Å². The second kappa shape index (κ2) is 8.82.